The molecule has 0 aliphatic carbocycles. The number of piperazine rings is 1. The summed E-state index contributed by atoms with van der Waals surface area (Å²) in [6.45, 7) is 4.40. The number of rotatable bonds is 2. The molecule has 1 aromatic rings. The van der Waals surface area contributed by atoms with E-state index in [1.165, 1.54) is 6.08 Å². The lowest BCUT2D eigenvalue weighted by atomic mass is 9.98. The third-order valence-corrected chi connectivity index (χ3v) is 3.86. The molecule has 2 rings (SSSR count). The number of halogens is 2. The fraction of sp³-hybridized carbons (Fsp3) is 0.333. The lowest BCUT2D eigenvalue weighted by Crippen LogP contribution is -2.63. The van der Waals surface area contributed by atoms with Gasteiger partial charge in [0.05, 0.1) is 0 Å². The number of benzene rings is 1. The summed E-state index contributed by atoms with van der Waals surface area (Å²) in [7, 11) is 0. The van der Waals surface area contributed by atoms with E-state index in [1.807, 2.05) is 0 Å². The van der Waals surface area contributed by atoms with Crippen LogP contribution in [0.1, 0.15) is 19.4 Å². The summed E-state index contributed by atoms with van der Waals surface area (Å²) in [5.74, 6) is -0.368. The summed E-state index contributed by atoms with van der Waals surface area (Å²) in [6.07, 6.45) is 3.07. The highest BCUT2D eigenvalue weighted by Crippen LogP contribution is 2.21. The Bertz CT molecular complexity index is 591. The third-order valence-electron chi connectivity index (χ3n) is 3.42. The largest absolute Gasteiger partial charge is 0.352 e. The molecule has 2 amide bonds. The van der Waals surface area contributed by atoms with Gasteiger partial charge >= 0.3 is 0 Å². The minimum Gasteiger partial charge on any atom is -0.352 e. The maximum atomic E-state index is 12.3. The van der Waals surface area contributed by atoms with Crippen molar-refractivity contribution in [2.45, 2.75) is 19.4 Å². The van der Waals surface area contributed by atoms with Gasteiger partial charge in [0.2, 0.25) is 11.8 Å². The van der Waals surface area contributed by atoms with Crippen LogP contribution in [0.25, 0.3) is 6.08 Å². The van der Waals surface area contributed by atoms with Crippen molar-refractivity contribution >= 4 is 41.1 Å². The van der Waals surface area contributed by atoms with E-state index in [9.17, 15) is 9.59 Å². The number of carbonyl (C=O) groups is 2. The number of carbonyl (C=O) groups excluding carboxylic acids is 2. The van der Waals surface area contributed by atoms with E-state index in [0.717, 1.165) is 5.56 Å². The van der Waals surface area contributed by atoms with Gasteiger partial charge in [-0.25, -0.2) is 0 Å². The zero-order valence-corrected chi connectivity index (χ0v) is 13.3. The molecule has 1 aliphatic rings. The Balaban J connectivity index is 2.17. The molecule has 1 aliphatic heterocycles. The van der Waals surface area contributed by atoms with Crippen molar-refractivity contribution in [2.24, 2.45) is 0 Å². The van der Waals surface area contributed by atoms with Gasteiger partial charge in [-0.2, -0.15) is 0 Å². The average molecular weight is 327 g/mol. The quantitative estimate of drug-likeness (QED) is 0.849. The van der Waals surface area contributed by atoms with Crippen molar-refractivity contribution in [1.82, 2.24) is 10.2 Å². The molecule has 0 aromatic heterocycles. The van der Waals surface area contributed by atoms with E-state index in [0.29, 0.717) is 23.1 Å². The fourth-order valence-corrected chi connectivity index (χ4v) is 2.76. The molecule has 21 heavy (non-hydrogen) atoms. The molecule has 0 spiro atoms. The van der Waals surface area contributed by atoms with Gasteiger partial charge in [0, 0.05) is 29.2 Å². The third kappa shape index (κ3) is 3.57. The van der Waals surface area contributed by atoms with Crippen molar-refractivity contribution in [3.63, 3.8) is 0 Å². The van der Waals surface area contributed by atoms with Crippen LogP contribution in [-0.4, -0.2) is 35.3 Å². The van der Waals surface area contributed by atoms with Crippen LogP contribution in [0.3, 0.4) is 0 Å². The molecule has 1 N–H and O–H groups in total. The molecule has 1 heterocycles. The second-order valence-corrected chi connectivity index (χ2v) is 6.21. The number of hydrogen-bond acceptors (Lipinski definition) is 2. The van der Waals surface area contributed by atoms with Crippen molar-refractivity contribution < 1.29 is 9.59 Å². The molecule has 1 saturated heterocycles. The number of amides is 2. The lowest BCUT2D eigenvalue weighted by Gasteiger charge is -2.40. The zero-order valence-electron chi connectivity index (χ0n) is 11.8. The van der Waals surface area contributed by atoms with Gasteiger partial charge in [-0.15, -0.1) is 0 Å². The summed E-state index contributed by atoms with van der Waals surface area (Å²) in [4.78, 5) is 25.7. The van der Waals surface area contributed by atoms with Gasteiger partial charge in [0.15, 0.2) is 0 Å². The summed E-state index contributed by atoms with van der Waals surface area (Å²) in [5, 5.41) is 3.77. The summed E-state index contributed by atoms with van der Waals surface area (Å²) >= 11 is 11.8. The minimum absolute atomic E-state index is 0.152. The van der Waals surface area contributed by atoms with Gasteiger partial charge in [-0.3, -0.25) is 9.59 Å². The Kier molecular flexibility index (Phi) is 4.59. The fourth-order valence-electron chi connectivity index (χ4n) is 2.21. The van der Waals surface area contributed by atoms with Gasteiger partial charge in [-0.05, 0) is 43.7 Å². The molecule has 1 fully saturated rings. The first-order chi connectivity index (χ1) is 9.80. The molecule has 4 nitrogen and oxygen atoms in total. The number of nitrogens with zero attached hydrogens (tertiary/aromatic N) is 1. The predicted octanol–water partition coefficient (Wildman–Crippen LogP) is 2.74. The van der Waals surface area contributed by atoms with Crippen LogP contribution in [0.4, 0.5) is 0 Å². The maximum Gasteiger partial charge on any atom is 0.247 e. The monoisotopic (exact) mass is 326 g/mol. The van der Waals surface area contributed by atoms with E-state index in [1.54, 1.807) is 43.0 Å². The average Bonchev–Trinajstić information content (AvgIpc) is 2.38. The van der Waals surface area contributed by atoms with Crippen molar-refractivity contribution in [3.05, 3.63) is 39.9 Å². The predicted molar refractivity (Wildman–Crippen MR) is 84.3 cm³/mol. The Hall–Kier alpha value is -1.52. The Morgan fingerprint density at radius 2 is 1.90 bits per heavy atom. The second kappa shape index (κ2) is 6.08. The summed E-state index contributed by atoms with van der Waals surface area (Å²) in [6, 6.07) is 5.05. The van der Waals surface area contributed by atoms with Gasteiger partial charge in [0.1, 0.15) is 5.54 Å². The van der Waals surface area contributed by atoms with Crippen molar-refractivity contribution in [3.8, 4) is 0 Å². The molecular formula is C15H16Cl2N2O2. The number of hydrogen-bond donors (Lipinski definition) is 1. The number of nitrogens with one attached hydrogen (secondary N) is 1. The minimum atomic E-state index is -0.856. The highest BCUT2D eigenvalue weighted by Gasteiger charge is 2.39. The molecular weight excluding hydrogens is 311 g/mol. The first-order valence-corrected chi connectivity index (χ1v) is 7.30. The maximum absolute atomic E-state index is 12.3. The van der Waals surface area contributed by atoms with Gasteiger partial charge < -0.3 is 10.2 Å². The molecule has 6 heteroatoms. The second-order valence-electron chi connectivity index (χ2n) is 5.34. The lowest BCUT2D eigenvalue weighted by molar-refractivity contribution is -0.146. The standard InChI is InChI=1S/C15H16Cl2N2O2/c1-15(2)14(21)18-5-6-19(15)13(20)4-3-10-7-11(16)9-12(17)8-10/h3-4,7-9H,5-6H2,1-2H3,(H,18,21). The molecule has 0 radical (unpaired) electrons. The molecule has 112 valence electrons. The highest BCUT2D eigenvalue weighted by atomic mass is 35.5. The van der Waals surface area contributed by atoms with Crippen LogP contribution in [-0.2, 0) is 9.59 Å². The van der Waals surface area contributed by atoms with Crippen LogP contribution in [0, 0.1) is 0 Å². The SMILES string of the molecule is CC1(C)C(=O)NCCN1C(=O)C=Cc1cc(Cl)cc(Cl)c1. The Labute approximate surface area is 133 Å². The van der Waals surface area contributed by atoms with E-state index >= 15 is 0 Å². The molecule has 0 atom stereocenters. The molecule has 0 bridgehead atoms. The van der Waals surface area contributed by atoms with E-state index < -0.39 is 5.54 Å². The first-order valence-electron chi connectivity index (χ1n) is 6.55. The van der Waals surface area contributed by atoms with Crippen LogP contribution < -0.4 is 5.32 Å². The van der Waals surface area contributed by atoms with E-state index in [4.69, 9.17) is 23.2 Å². The first kappa shape index (κ1) is 15.9. The van der Waals surface area contributed by atoms with Crippen LogP contribution in [0.5, 0.6) is 0 Å². The molecule has 0 saturated carbocycles. The molecule has 0 unspecified atom stereocenters. The normalized spacial score (nSPS) is 17.9. The topological polar surface area (TPSA) is 49.4 Å². The highest BCUT2D eigenvalue weighted by molar-refractivity contribution is 6.34. The van der Waals surface area contributed by atoms with Gasteiger partial charge in [0.25, 0.3) is 0 Å². The van der Waals surface area contributed by atoms with E-state index in [-0.39, 0.29) is 11.8 Å². The summed E-state index contributed by atoms with van der Waals surface area (Å²) < 4.78 is 0. The zero-order chi connectivity index (χ0) is 15.6. The van der Waals surface area contributed by atoms with Crippen LogP contribution in [0.2, 0.25) is 10.0 Å². The van der Waals surface area contributed by atoms with Crippen LogP contribution >= 0.6 is 23.2 Å². The Morgan fingerprint density at radius 3 is 2.52 bits per heavy atom. The van der Waals surface area contributed by atoms with Crippen molar-refractivity contribution in [2.75, 3.05) is 13.1 Å². The Morgan fingerprint density at radius 1 is 1.29 bits per heavy atom. The smallest absolute Gasteiger partial charge is 0.247 e. The van der Waals surface area contributed by atoms with Gasteiger partial charge in [-0.1, -0.05) is 23.2 Å². The van der Waals surface area contributed by atoms with Crippen molar-refractivity contribution in [1.29, 1.82) is 0 Å². The molecule has 1 aromatic carbocycles. The van der Waals surface area contributed by atoms with E-state index in [2.05, 4.69) is 5.32 Å². The summed E-state index contributed by atoms with van der Waals surface area (Å²) in [5.41, 5.74) is -0.119. The van der Waals surface area contributed by atoms with Crippen LogP contribution in [0.15, 0.2) is 24.3 Å².